The summed E-state index contributed by atoms with van der Waals surface area (Å²) in [6.45, 7) is 5.29. The fraction of sp³-hybridized carbons (Fsp3) is 0.357. The zero-order chi connectivity index (χ0) is 13.4. The number of rotatable bonds is 1. The van der Waals surface area contributed by atoms with E-state index < -0.39 is 0 Å². The number of fused-ring (bicyclic) bond motifs is 2. The molecule has 0 saturated heterocycles. The lowest BCUT2D eigenvalue weighted by Gasteiger charge is -2.21. The van der Waals surface area contributed by atoms with Crippen LogP contribution in [0.2, 0.25) is 0 Å². The van der Waals surface area contributed by atoms with Crippen LogP contribution in [0.15, 0.2) is 34.1 Å². The molecular weight excluding hydrogens is 240 g/mol. The Bertz CT molecular complexity index is 715. The molecule has 2 heterocycles. The van der Waals surface area contributed by atoms with Crippen LogP contribution in [0, 0.1) is 0 Å². The van der Waals surface area contributed by atoms with Gasteiger partial charge in [0.15, 0.2) is 11.7 Å². The Morgan fingerprint density at radius 3 is 2.89 bits per heavy atom. The third-order valence-electron chi connectivity index (χ3n) is 3.09. The van der Waals surface area contributed by atoms with Gasteiger partial charge in [0.05, 0.1) is 17.4 Å². The van der Waals surface area contributed by atoms with Gasteiger partial charge < -0.3 is 5.32 Å². The summed E-state index contributed by atoms with van der Waals surface area (Å²) >= 11 is 0. The summed E-state index contributed by atoms with van der Waals surface area (Å²) < 4.78 is 1.71. The molecule has 0 fully saturated rings. The summed E-state index contributed by atoms with van der Waals surface area (Å²) in [6.07, 6.45) is 0. The number of nitrogens with zero attached hydrogens (tertiary/aromatic N) is 3. The normalized spacial score (nSPS) is 14.4. The van der Waals surface area contributed by atoms with Crippen molar-refractivity contribution in [1.82, 2.24) is 14.9 Å². The number of aromatic nitrogens is 2. The van der Waals surface area contributed by atoms with Gasteiger partial charge in [-0.3, -0.25) is 14.4 Å². The molecule has 5 heteroatoms. The molecule has 0 atom stereocenters. The van der Waals surface area contributed by atoms with Crippen molar-refractivity contribution >= 4 is 16.7 Å². The van der Waals surface area contributed by atoms with Gasteiger partial charge in [-0.05, 0) is 26.0 Å². The van der Waals surface area contributed by atoms with Crippen LogP contribution in [-0.2, 0) is 6.54 Å². The molecule has 0 unspecified atom stereocenters. The molecule has 0 amide bonds. The van der Waals surface area contributed by atoms with Crippen LogP contribution in [0.5, 0.6) is 0 Å². The van der Waals surface area contributed by atoms with Crippen LogP contribution in [0.4, 0.5) is 0 Å². The number of para-hydroxylation sites is 1. The largest absolute Gasteiger partial charge is 0.365 e. The summed E-state index contributed by atoms with van der Waals surface area (Å²) in [4.78, 5) is 21.5. The van der Waals surface area contributed by atoms with Crippen molar-refractivity contribution in [3.8, 4) is 0 Å². The number of nitrogens with one attached hydrogen (secondary N) is 1. The third-order valence-corrected chi connectivity index (χ3v) is 3.09. The monoisotopic (exact) mass is 256 g/mol. The van der Waals surface area contributed by atoms with Gasteiger partial charge in [-0.15, -0.1) is 0 Å². The van der Waals surface area contributed by atoms with Crippen LogP contribution in [0.25, 0.3) is 10.9 Å². The van der Waals surface area contributed by atoms with E-state index in [1.165, 1.54) is 0 Å². The van der Waals surface area contributed by atoms with E-state index in [0.717, 1.165) is 5.52 Å². The zero-order valence-electron chi connectivity index (χ0n) is 11.1. The highest BCUT2D eigenvalue weighted by Gasteiger charge is 2.19. The Balaban J connectivity index is 2.24. The highest BCUT2D eigenvalue weighted by Crippen LogP contribution is 2.10. The van der Waals surface area contributed by atoms with Gasteiger partial charge in [0.1, 0.15) is 0 Å². The van der Waals surface area contributed by atoms with Gasteiger partial charge in [0.2, 0.25) is 0 Å². The third kappa shape index (κ3) is 2.01. The summed E-state index contributed by atoms with van der Waals surface area (Å²) in [5.41, 5.74) is 0.734. The maximum absolute atomic E-state index is 12.4. The Labute approximate surface area is 111 Å². The van der Waals surface area contributed by atoms with E-state index in [-0.39, 0.29) is 11.6 Å². The van der Waals surface area contributed by atoms with E-state index in [2.05, 4.69) is 15.3 Å². The van der Waals surface area contributed by atoms with Gasteiger partial charge in [-0.2, -0.15) is 0 Å². The molecule has 0 saturated carbocycles. The average molecular weight is 256 g/mol. The van der Waals surface area contributed by atoms with Gasteiger partial charge in [0.25, 0.3) is 5.56 Å². The second-order valence-electron chi connectivity index (χ2n) is 4.94. The fourth-order valence-electron chi connectivity index (χ4n) is 2.27. The molecule has 1 aromatic heterocycles. The Hall–Kier alpha value is -2.17. The summed E-state index contributed by atoms with van der Waals surface area (Å²) in [5, 5.41) is 3.92. The van der Waals surface area contributed by atoms with Gasteiger partial charge in [-0.1, -0.05) is 12.1 Å². The van der Waals surface area contributed by atoms with E-state index in [0.29, 0.717) is 30.1 Å². The minimum absolute atomic E-state index is 0.0126. The van der Waals surface area contributed by atoms with E-state index >= 15 is 0 Å². The first-order valence-electron chi connectivity index (χ1n) is 6.48. The second kappa shape index (κ2) is 4.50. The molecule has 1 N–H and O–H groups in total. The van der Waals surface area contributed by atoms with E-state index in [9.17, 15) is 4.79 Å². The number of hydrogen-bond acceptors (Lipinski definition) is 4. The number of aliphatic imine (C=N–C) groups is 1. The maximum atomic E-state index is 12.4. The van der Waals surface area contributed by atoms with Crippen LogP contribution < -0.4 is 10.9 Å². The SMILES string of the molecule is CC(C)NC1=NCCn2c1nc1ccccc1c2=O. The smallest absolute Gasteiger partial charge is 0.261 e. The molecule has 1 aliphatic heterocycles. The van der Waals surface area contributed by atoms with Gasteiger partial charge in [-0.25, -0.2) is 4.98 Å². The lowest BCUT2D eigenvalue weighted by molar-refractivity contribution is 0.625. The van der Waals surface area contributed by atoms with Crippen LogP contribution >= 0.6 is 0 Å². The average Bonchev–Trinajstić information content (AvgIpc) is 2.40. The standard InChI is InChI=1S/C14H16N4O/c1-9(2)16-12-13-17-11-6-4-3-5-10(11)14(19)18(13)8-7-15-12/h3-6,9H,7-8H2,1-2H3,(H,15,16). The van der Waals surface area contributed by atoms with Crippen molar-refractivity contribution in [2.45, 2.75) is 26.4 Å². The van der Waals surface area contributed by atoms with E-state index in [1.54, 1.807) is 4.57 Å². The summed E-state index contributed by atoms with van der Waals surface area (Å²) in [6, 6.07) is 7.69. The van der Waals surface area contributed by atoms with Crippen molar-refractivity contribution in [3.63, 3.8) is 0 Å². The van der Waals surface area contributed by atoms with E-state index in [4.69, 9.17) is 0 Å². The molecule has 2 aromatic rings. The first-order chi connectivity index (χ1) is 9.16. The Morgan fingerprint density at radius 2 is 2.11 bits per heavy atom. The van der Waals surface area contributed by atoms with Gasteiger partial charge in [0, 0.05) is 12.6 Å². The predicted octanol–water partition coefficient (Wildman–Crippen LogP) is 1.15. The van der Waals surface area contributed by atoms with Crippen molar-refractivity contribution in [1.29, 1.82) is 0 Å². The molecule has 19 heavy (non-hydrogen) atoms. The molecule has 0 aliphatic carbocycles. The molecular formula is C14H16N4O. The van der Waals surface area contributed by atoms with Crippen molar-refractivity contribution in [3.05, 3.63) is 40.4 Å². The molecule has 3 rings (SSSR count). The minimum Gasteiger partial charge on any atom is -0.365 e. The Morgan fingerprint density at radius 1 is 1.32 bits per heavy atom. The van der Waals surface area contributed by atoms with Crippen molar-refractivity contribution < 1.29 is 0 Å². The molecule has 0 spiro atoms. The lowest BCUT2D eigenvalue weighted by Crippen LogP contribution is -2.40. The highest BCUT2D eigenvalue weighted by molar-refractivity contribution is 5.97. The van der Waals surface area contributed by atoms with Crippen molar-refractivity contribution in [2.24, 2.45) is 4.99 Å². The zero-order valence-corrected chi connectivity index (χ0v) is 11.1. The molecule has 0 radical (unpaired) electrons. The predicted molar refractivity (Wildman–Crippen MR) is 75.7 cm³/mol. The molecule has 1 aromatic carbocycles. The molecule has 98 valence electrons. The maximum Gasteiger partial charge on any atom is 0.261 e. The number of amidine groups is 1. The highest BCUT2D eigenvalue weighted by atomic mass is 16.1. The second-order valence-corrected chi connectivity index (χ2v) is 4.94. The lowest BCUT2D eigenvalue weighted by atomic mass is 10.2. The minimum atomic E-state index is 0.0126. The number of benzene rings is 1. The van der Waals surface area contributed by atoms with E-state index in [1.807, 2.05) is 38.1 Å². The Kier molecular flexibility index (Phi) is 2.81. The van der Waals surface area contributed by atoms with Crippen LogP contribution in [0.1, 0.15) is 19.7 Å². The fourth-order valence-corrected chi connectivity index (χ4v) is 2.27. The first-order valence-corrected chi connectivity index (χ1v) is 6.48. The molecule has 1 aliphatic rings. The first kappa shape index (κ1) is 11.9. The summed E-state index contributed by atoms with van der Waals surface area (Å²) in [7, 11) is 0. The molecule has 0 bridgehead atoms. The number of hydrogen-bond donors (Lipinski definition) is 1. The van der Waals surface area contributed by atoms with Crippen molar-refractivity contribution in [2.75, 3.05) is 6.54 Å². The quantitative estimate of drug-likeness (QED) is 0.832. The molecule has 5 nitrogen and oxygen atoms in total. The summed E-state index contributed by atoms with van der Waals surface area (Å²) in [5.74, 6) is 1.35. The topological polar surface area (TPSA) is 59.3 Å². The van der Waals surface area contributed by atoms with Crippen LogP contribution in [0.3, 0.4) is 0 Å². The van der Waals surface area contributed by atoms with Crippen LogP contribution in [-0.4, -0.2) is 28.0 Å². The van der Waals surface area contributed by atoms with Gasteiger partial charge >= 0.3 is 0 Å².